The fraction of sp³-hybridized carbons (Fsp3) is 0.190. The molecule has 2 aromatic carbocycles. The van der Waals surface area contributed by atoms with E-state index in [1.165, 1.54) is 6.21 Å². The summed E-state index contributed by atoms with van der Waals surface area (Å²) in [5.74, 6) is -0.872. The zero-order valence-corrected chi connectivity index (χ0v) is 19.5. The number of carbonyl (C=O) groups excluding carboxylic acids is 1. The maximum absolute atomic E-state index is 13.0. The molecule has 8 nitrogen and oxygen atoms in total. The van der Waals surface area contributed by atoms with Gasteiger partial charge in [-0.25, -0.2) is 18.5 Å². The Morgan fingerprint density at radius 1 is 1.21 bits per heavy atom. The maximum Gasteiger partial charge on any atom is 0.416 e. The number of amides is 1. The van der Waals surface area contributed by atoms with Crippen molar-refractivity contribution in [2.45, 2.75) is 13.1 Å². The average Bonchev–Trinajstić information content (AvgIpc) is 3.05. The molecule has 0 bridgehead atoms. The van der Waals surface area contributed by atoms with E-state index in [1.54, 1.807) is 11.6 Å². The largest absolute Gasteiger partial charge is 0.416 e. The summed E-state index contributed by atoms with van der Waals surface area (Å²) in [5.41, 5.74) is 2.62. The summed E-state index contributed by atoms with van der Waals surface area (Å²) in [6.45, 7) is 0.960. The smallest absolute Gasteiger partial charge is 0.271 e. The van der Waals surface area contributed by atoms with Crippen LogP contribution in [-0.4, -0.2) is 43.1 Å². The standard InChI is InChI=1S/C21H19ClF3N5O3S/c1-14-18(20(22)28-30(14)16-8-4-3-5-9-16)12-26-27-19(31)13-29(34(2,32)33)17-10-6-7-15(11-17)21(23,24)25/h3-12H,13H2,1-2H3,(H,27,31)/b26-12-. The molecule has 0 atom stereocenters. The monoisotopic (exact) mass is 513 g/mol. The van der Waals surface area contributed by atoms with Gasteiger partial charge in [-0.1, -0.05) is 35.9 Å². The Morgan fingerprint density at radius 3 is 2.50 bits per heavy atom. The van der Waals surface area contributed by atoms with Crippen LogP contribution in [0.5, 0.6) is 0 Å². The third kappa shape index (κ3) is 5.94. The number of nitrogens with zero attached hydrogens (tertiary/aromatic N) is 4. The highest BCUT2D eigenvalue weighted by atomic mass is 35.5. The van der Waals surface area contributed by atoms with Gasteiger partial charge in [0.15, 0.2) is 5.15 Å². The minimum absolute atomic E-state index is 0.126. The van der Waals surface area contributed by atoms with Gasteiger partial charge in [-0.3, -0.25) is 9.10 Å². The second-order valence-corrected chi connectivity index (χ2v) is 9.41. The van der Waals surface area contributed by atoms with Crippen LogP contribution in [0, 0.1) is 6.92 Å². The van der Waals surface area contributed by atoms with E-state index in [4.69, 9.17) is 11.6 Å². The molecule has 0 saturated carbocycles. The second kappa shape index (κ2) is 9.85. The van der Waals surface area contributed by atoms with E-state index in [0.717, 1.165) is 30.1 Å². The van der Waals surface area contributed by atoms with Gasteiger partial charge in [-0.05, 0) is 37.3 Å². The summed E-state index contributed by atoms with van der Waals surface area (Å²) < 4.78 is 65.5. The highest BCUT2D eigenvalue weighted by Crippen LogP contribution is 2.32. The molecule has 0 saturated heterocycles. The molecule has 0 aliphatic rings. The molecule has 1 heterocycles. The molecule has 1 N–H and O–H groups in total. The van der Waals surface area contributed by atoms with E-state index in [0.29, 0.717) is 21.6 Å². The summed E-state index contributed by atoms with van der Waals surface area (Å²) in [6, 6.07) is 12.8. The van der Waals surface area contributed by atoms with Gasteiger partial charge in [0.05, 0.1) is 40.7 Å². The number of nitrogens with one attached hydrogen (secondary N) is 1. The number of alkyl halides is 3. The molecule has 180 valence electrons. The molecule has 34 heavy (non-hydrogen) atoms. The van der Waals surface area contributed by atoms with E-state index in [2.05, 4.69) is 15.6 Å². The topological polar surface area (TPSA) is 96.7 Å². The van der Waals surface area contributed by atoms with Crippen molar-refractivity contribution < 1.29 is 26.4 Å². The van der Waals surface area contributed by atoms with Crippen LogP contribution in [0.3, 0.4) is 0 Å². The van der Waals surface area contributed by atoms with Crippen molar-refractivity contribution in [2.24, 2.45) is 5.10 Å². The highest BCUT2D eigenvalue weighted by molar-refractivity contribution is 7.92. The Bertz CT molecular complexity index is 1330. The lowest BCUT2D eigenvalue weighted by Gasteiger charge is -2.22. The minimum atomic E-state index is -4.67. The highest BCUT2D eigenvalue weighted by Gasteiger charge is 2.32. The predicted molar refractivity (Wildman–Crippen MR) is 123 cm³/mol. The Morgan fingerprint density at radius 2 is 1.88 bits per heavy atom. The number of para-hydroxylation sites is 1. The zero-order valence-electron chi connectivity index (χ0n) is 17.9. The third-order valence-electron chi connectivity index (χ3n) is 4.65. The Hall–Kier alpha value is -3.38. The van der Waals surface area contributed by atoms with Gasteiger partial charge < -0.3 is 0 Å². The lowest BCUT2D eigenvalue weighted by atomic mass is 10.2. The van der Waals surface area contributed by atoms with Gasteiger partial charge >= 0.3 is 6.18 Å². The van der Waals surface area contributed by atoms with Gasteiger partial charge in [0.1, 0.15) is 6.54 Å². The fourth-order valence-electron chi connectivity index (χ4n) is 3.02. The molecule has 13 heteroatoms. The van der Waals surface area contributed by atoms with Crippen LogP contribution in [0.2, 0.25) is 5.15 Å². The maximum atomic E-state index is 13.0. The molecule has 0 radical (unpaired) electrons. The van der Waals surface area contributed by atoms with E-state index in [1.807, 2.05) is 30.3 Å². The summed E-state index contributed by atoms with van der Waals surface area (Å²) in [7, 11) is -4.07. The lowest BCUT2D eigenvalue weighted by molar-refractivity contribution is -0.137. The first-order chi connectivity index (χ1) is 15.9. The molecule has 0 unspecified atom stereocenters. The number of benzene rings is 2. The Balaban J connectivity index is 1.76. The third-order valence-corrected chi connectivity index (χ3v) is 6.07. The number of hydrogen-bond acceptors (Lipinski definition) is 5. The molecule has 0 spiro atoms. The molecular weight excluding hydrogens is 495 g/mol. The van der Waals surface area contributed by atoms with Crippen LogP contribution < -0.4 is 9.73 Å². The van der Waals surface area contributed by atoms with Crippen molar-refractivity contribution >= 4 is 39.4 Å². The van der Waals surface area contributed by atoms with Gasteiger partial charge in [0.25, 0.3) is 5.91 Å². The first kappa shape index (κ1) is 25.2. The normalized spacial score (nSPS) is 12.2. The predicted octanol–water partition coefficient (Wildman–Crippen LogP) is 3.77. The van der Waals surface area contributed by atoms with E-state index in [-0.39, 0.29) is 10.8 Å². The second-order valence-electron chi connectivity index (χ2n) is 7.15. The number of anilines is 1. The minimum Gasteiger partial charge on any atom is -0.271 e. The molecule has 1 amide bonds. The number of hydrogen-bond donors (Lipinski definition) is 1. The van der Waals surface area contributed by atoms with E-state index < -0.39 is 34.2 Å². The molecule has 1 aromatic heterocycles. The first-order valence-corrected chi connectivity index (χ1v) is 11.9. The number of halogens is 4. The van der Waals surface area contributed by atoms with Crippen molar-refractivity contribution in [1.29, 1.82) is 0 Å². The van der Waals surface area contributed by atoms with Gasteiger partial charge in [-0.2, -0.15) is 23.4 Å². The molecule has 0 aliphatic heterocycles. The molecule has 0 aliphatic carbocycles. The molecule has 3 rings (SSSR count). The van der Waals surface area contributed by atoms with Gasteiger partial charge in [0, 0.05) is 0 Å². The first-order valence-electron chi connectivity index (χ1n) is 9.65. The Kier molecular flexibility index (Phi) is 7.32. The zero-order chi connectivity index (χ0) is 25.1. The van der Waals surface area contributed by atoms with Crippen molar-refractivity contribution in [3.05, 3.63) is 76.6 Å². The SMILES string of the molecule is Cc1c(/C=N\NC(=O)CN(c2cccc(C(F)(F)F)c2)S(C)(=O)=O)c(Cl)nn1-c1ccccc1. The summed E-state index contributed by atoms with van der Waals surface area (Å²) >= 11 is 6.18. The van der Waals surface area contributed by atoms with E-state index >= 15 is 0 Å². The number of sulfonamides is 1. The van der Waals surface area contributed by atoms with Gasteiger partial charge in [0.2, 0.25) is 10.0 Å². The molecule has 0 fully saturated rings. The van der Waals surface area contributed by atoms with Crippen LogP contribution in [0.1, 0.15) is 16.8 Å². The lowest BCUT2D eigenvalue weighted by Crippen LogP contribution is -2.39. The number of hydrazone groups is 1. The quantitative estimate of drug-likeness (QED) is 0.384. The number of aromatic nitrogens is 2. The summed E-state index contributed by atoms with van der Waals surface area (Å²) in [5, 5.41) is 8.14. The van der Waals surface area contributed by atoms with Crippen LogP contribution in [0.25, 0.3) is 5.69 Å². The van der Waals surface area contributed by atoms with Crippen LogP contribution in [-0.2, 0) is 21.0 Å². The van der Waals surface area contributed by atoms with Crippen molar-refractivity contribution in [3.63, 3.8) is 0 Å². The molecule has 3 aromatic rings. The van der Waals surface area contributed by atoms with Gasteiger partial charge in [-0.15, -0.1) is 0 Å². The molecular formula is C21H19ClF3N5O3S. The van der Waals surface area contributed by atoms with Crippen molar-refractivity contribution in [3.8, 4) is 5.69 Å². The van der Waals surface area contributed by atoms with Crippen LogP contribution >= 0.6 is 11.6 Å². The number of carbonyl (C=O) groups is 1. The van der Waals surface area contributed by atoms with Crippen LogP contribution in [0.15, 0.2) is 59.7 Å². The number of rotatable bonds is 7. The average molecular weight is 514 g/mol. The van der Waals surface area contributed by atoms with Crippen LogP contribution in [0.4, 0.5) is 18.9 Å². The Labute approximate surface area is 198 Å². The summed E-state index contributed by atoms with van der Waals surface area (Å²) in [6.07, 6.45) is -2.64. The summed E-state index contributed by atoms with van der Waals surface area (Å²) in [4.78, 5) is 12.3. The van der Waals surface area contributed by atoms with Crippen molar-refractivity contribution in [1.82, 2.24) is 15.2 Å². The van der Waals surface area contributed by atoms with E-state index in [9.17, 15) is 26.4 Å². The fourth-order valence-corrected chi connectivity index (χ4v) is 4.13. The van der Waals surface area contributed by atoms with Crippen molar-refractivity contribution in [2.75, 3.05) is 17.1 Å².